The van der Waals surface area contributed by atoms with Crippen molar-refractivity contribution in [1.82, 2.24) is 4.90 Å². The summed E-state index contributed by atoms with van der Waals surface area (Å²) in [5.41, 5.74) is 1.47. The first-order valence-corrected chi connectivity index (χ1v) is 6.79. The van der Waals surface area contributed by atoms with E-state index in [9.17, 15) is 9.90 Å². The Kier molecular flexibility index (Phi) is 4.56. The number of aliphatic hydroxyl groups is 1. The molecule has 0 radical (unpaired) electrons. The topological polar surface area (TPSA) is 60.8 Å². The lowest BCUT2D eigenvalue weighted by molar-refractivity contribution is 0.0695. The number of carbonyl (C=O) groups is 1. The van der Waals surface area contributed by atoms with Gasteiger partial charge in [0.25, 0.3) is 0 Å². The molecule has 0 bridgehead atoms. The number of aromatic carboxylic acids is 1. The van der Waals surface area contributed by atoms with Gasteiger partial charge in [0.1, 0.15) is 0 Å². The van der Waals surface area contributed by atoms with Crippen LogP contribution in [0.25, 0.3) is 0 Å². The molecule has 0 amide bonds. The van der Waals surface area contributed by atoms with E-state index < -0.39 is 5.97 Å². The number of piperidine rings is 1. The number of carboxylic acids is 1. The number of aliphatic hydroxyl groups excluding tert-OH is 1. The molecule has 0 aromatic heterocycles. The normalized spacial score (nSPS) is 19.3. The second kappa shape index (κ2) is 6.17. The third-order valence-corrected chi connectivity index (χ3v) is 3.92. The minimum atomic E-state index is -0.885. The number of benzene rings is 1. The van der Waals surface area contributed by atoms with Crippen LogP contribution in [-0.2, 0) is 6.54 Å². The van der Waals surface area contributed by atoms with Gasteiger partial charge in [-0.1, -0.05) is 12.1 Å². The molecule has 1 saturated heterocycles. The SMILES string of the molecule is CC(O)C1CCN(Cc2ccc(C(=O)O)cc2)CC1. The first kappa shape index (κ1) is 14.0. The lowest BCUT2D eigenvalue weighted by Gasteiger charge is -2.33. The molecular formula is C15H21NO3. The number of hydrogen-bond acceptors (Lipinski definition) is 3. The van der Waals surface area contributed by atoms with Crippen molar-refractivity contribution in [3.05, 3.63) is 35.4 Å². The fourth-order valence-electron chi connectivity index (χ4n) is 2.60. The van der Waals surface area contributed by atoms with Crippen LogP contribution in [0.1, 0.15) is 35.7 Å². The quantitative estimate of drug-likeness (QED) is 0.872. The number of hydrogen-bond donors (Lipinski definition) is 2. The summed E-state index contributed by atoms with van der Waals surface area (Å²) in [5.74, 6) is -0.463. The molecule has 0 saturated carbocycles. The first-order chi connectivity index (χ1) is 9.06. The van der Waals surface area contributed by atoms with Crippen LogP contribution in [-0.4, -0.2) is 40.3 Å². The average Bonchev–Trinajstić information content (AvgIpc) is 2.40. The van der Waals surface area contributed by atoms with Gasteiger partial charge < -0.3 is 10.2 Å². The van der Waals surface area contributed by atoms with Gasteiger partial charge in [0.15, 0.2) is 0 Å². The van der Waals surface area contributed by atoms with Gasteiger partial charge in [-0.15, -0.1) is 0 Å². The summed E-state index contributed by atoms with van der Waals surface area (Å²) in [6.07, 6.45) is 1.85. The molecule has 1 atom stereocenters. The van der Waals surface area contributed by atoms with E-state index in [0.29, 0.717) is 11.5 Å². The van der Waals surface area contributed by atoms with E-state index in [1.165, 1.54) is 0 Å². The van der Waals surface area contributed by atoms with E-state index in [4.69, 9.17) is 5.11 Å². The van der Waals surface area contributed by atoms with Crippen LogP contribution in [0.2, 0.25) is 0 Å². The summed E-state index contributed by atoms with van der Waals surface area (Å²) in [7, 11) is 0. The van der Waals surface area contributed by atoms with Crippen molar-refractivity contribution in [1.29, 1.82) is 0 Å². The van der Waals surface area contributed by atoms with Gasteiger partial charge in [0.05, 0.1) is 11.7 Å². The Morgan fingerprint density at radius 1 is 1.32 bits per heavy atom. The highest BCUT2D eigenvalue weighted by molar-refractivity contribution is 5.87. The van der Waals surface area contributed by atoms with E-state index in [2.05, 4.69) is 4.90 Å². The fourth-order valence-corrected chi connectivity index (χ4v) is 2.60. The Bertz CT molecular complexity index is 420. The highest BCUT2D eigenvalue weighted by Gasteiger charge is 2.22. The van der Waals surface area contributed by atoms with Crippen molar-refractivity contribution in [3.63, 3.8) is 0 Å². The van der Waals surface area contributed by atoms with Crippen LogP contribution in [0.3, 0.4) is 0 Å². The van der Waals surface area contributed by atoms with Gasteiger partial charge in [0.2, 0.25) is 0 Å². The van der Waals surface area contributed by atoms with Crippen molar-refractivity contribution >= 4 is 5.97 Å². The Balaban J connectivity index is 1.87. The van der Waals surface area contributed by atoms with E-state index in [1.54, 1.807) is 12.1 Å². The van der Waals surface area contributed by atoms with Crippen LogP contribution in [0, 0.1) is 5.92 Å². The molecule has 0 aliphatic carbocycles. The molecule has 1 aromatic rings. The molecule has 4 nitrogen and oxygen atoms in total. The summed E-state index contributed by atoms with van der Waals surface area (Å²) < 4.78 is 0. The van der Waals surface area contributed by atoms with Crippen LogP contribution in [0.15, 0.2) is 24.3 Å². The molecular weight excluding hydrogens is 242 g/mol. The maximum absolute atomic E-state index is 10.8. The Morgan fingerprint density at radius 2 is 1.89 bits per heavy atom. The second-order valence-electron chi connectivity index (χ2n) is 5.36. The monoisotopic (exact) mass is 263 g/mol. The minimum absolute atomic E-state index is 0.211. The summed E-state index contributed by atoms with van der Waals surface area (Å²) in [6, 6.07) is 7.06. The van der Waals surface area contributed by atoms with Gasteiger partial charge >= 0.3 is 5.97 Å². The molecule has 0 spiro atoms. The summed E-state index contributed by atoms with van der Waals surface area (Å²) in [6.45, 7) is 4.71. The van der Waals surface area contributed by atoms with E-state index in [0.717, 1.165) is 38.0 Å². The third kappa shape index (κ3) is 3.78. The number of rotatable bonds is 4. The van der Waals surface area contributed by atoms with Gasteiger partial charge in [-0.05, 0) is 56.5 Å². The van der Waals surface area contributed by atoms with Gasteiger partial charge in [0, 0.05) is 6.54 Å². The van der Waals surface area contributed by atoms with Crippen LogP contribution >= 0.6 is 0 Å². The van der Waals surface area contributed by atoms with E-state index >= 15 is 0 Å². The maximum Gasteiger partial charge on any atom is 0.335 e. The first-order valence-electron chi connectivity index (χ1n) is 6.79. The number of carboxylic acid groups (broad SMARTS) is 1. The predicted molar refractivity (Wildman–Crippen MR) is 73.1 cm³/mol. The highest BCUT2D eigenvalue weighted by atomic mass is 16.4. The molecule has 1 aliphatic heterocycles. The van der Waals surface area contributed by atoms with Crippen molar-refractivity contribution in [2.75, 3.05) is 13.1 Å². The van der Waals surface area contributed by atoms with Crippen molar-refractivity contribution in [2.45, 2.75) is 32.4 Å². The maximum atomic E-state index is 10.8. The smallest absolute Gasteiger partial charge is 0.335 e. The molecule has 1 fully saturated rings. The Morgan fingerprint density at radius 3 is 2.37 bits per heavy atom. The predicted octanol–water partition coefficient (Wildman–Crippen LogP) is 1.98. The Labute approximate surface area is 113 Å². The number of nitrogens with zero attached hydrogens (tertiary/aromatic N) is 1. The molecule has 2 N–H and O–H groups in total. The summed E-state index contributed by atoms with van der Waals surface area (Å²) in [5, 5.41) is 18.4. The Hall–Kier alpha value is -1.39. The largest absolute Gasteiger partial charge is 0.478 e. The lowest BCUT2D eigenvalue weighted by Crippen LogP contribution is -2.36. The molecule has 1 heterocycles. The van der Waals surface area contributed by atoms with E-state index in [-0.39, 0.29) is 6.10 Å². The zero-order chi connectivity index (χ0) is 13.8. The molecule has 1 aromatic carbocycles. The van der Waals surface area contributed by atoms with Gasteiger partial charge in [-0.3, -0.25) is 4.90 Å². The van der Waals surface area contributed by atoms with Crippen LogP contribution in [0.5, 0.6) is 0 Å². The standard InChI is InChI=1S/C15H21NO3/c1-11(17)13-6-8-16(9-7-13)10-12-2-4-14(5-3-12)15(18)19/h2-5,11,13,17H,6-10H2,1H3,(H,18,19). The summed E-state index contributed by atoms with van der Waals surface area (Å²) >= 11 is 0. The third-order valence-electron chi connectivity index (χ3n) is 3.92. The fraction of sp³-hybridized carbons (Fsp3) is 0.533. The second-order valence-corrected chi connectivity index (χ2v) is 5.36. The molecule has 1 aliphatic rings. The van der Waals surface area contributed by atoms with Crippen LogP contribution < -0.4 is 0 Å². The van der Waals surface area contributed by atoms with Gasteiger partial charge in [-0.25, -0.2) is 4.79 Å². The minimum Gasteiger partial charge on any atom is -0.478 e. The van der Waals surface area contributed by atoms with Crippen molar-refractivity contribution in [2.24, 2.45) is 5.92 Å². The van der Waals surface area contributed by atoms with Crippen molar-refractivity contribution in [3.8, 4) is 0 Å². The molecule has 19 heavy (non-hydrogen) atoms. The summed E-state index contributed by atoms with van der Waals surface area (Å²) in [4.78, 5) is 13.1. The van der Waals surface area contributed by atoms with E-state index in [1.807, 2.05) is 19.1 Å². The molecule has 1 unspecified atom stereocenters. The van der Waals surface area contributed by atoms with Gasteiger partial charge in [-0.2, -0.15) is 0 Å². The zero-order valence-corrected chi connectivity index (χ0v) is 11.2. The van der Waals surface area contributed by atoms with Crippen LogP contribution in [0.4, 0.5) is 0 Å². The lowest BCUT2D eigenvalue weighted by atomic mass is 9.92. The molecule has 2 rings (SSSR count). The zero-order valence-electron chi connectivity index (χ0n) is 11.2. The molecule has 104 valence electrons. The molecule has 4 heteroatoms. The average molecular weight is 263 g/mol. The number of likely N-dealkylation sites (tertiary alicyclic amines) is 1. The van der Waals surface area contributed by atoms with Crippen molar-refractivity contribution < 1.29 is 15.0 Å². The highest BCUT2D eigenvalue weighted by Crippen LogP contribution is 2.21.